The van der Waals surface area contributed by atoms with Crippen LogP contribution in [0.4, 0.5) is 0 Å². The molecular formula is C16H31N3. The van der Waals surface area contributed by atoms with Crippen molar-refractivity contribution in [3.05, 3.63) is 0 Å². The quantitative estimate of drug-likeness (QED) is 0.802. The zero-order chi connectivity index (χ0) is 14.5. The number of nitriles is 1. The van der Waals surface area contributed by atoms with Gasteiger partial charge in [-0.2, -0.15) is 5.26 Å². The Labute approximate surface area is 119 Å². The first-order valence-electron chi connectivity index (χ1n) is 7.84. The fourth-order valence-corrected chi connectivity index (χ4v) is 3.20. The summed E-state index contributed by atoms with van der Waals surface area (Å²) in [5.41, 5.74) is -0.393. The van der Waals surface area contributed by atoms with Crippen molar-refractivity contribution < 1.29 is 0 Å². The Morgan fingerprint density at radius 2 is 2.11 bits per heavy atom. The monoisotopic (exact) mass is 265 g/mol. The summed E-state index contributed by atoms with van der Waals surface area (Å²) in [6.07, 6.45) is 4.61. The fraction of sp³-hybridized carbons (Fsp3) is 0.938. The number of hydrogen-bond acceptors (Lipinski definition) is 3. The number of rotatable bonds is 6. The van der Waals surface area contributed by atoms with Crippen molar-refractivity contribution in [2.75, 3.05) is 13.1 Å². The molecule has 1 heterocycles. The van der Waals surface area contributed by atoms with Crippen molar-refractivity contribution in [3.8, 4) is 6.07 Å². The Kier molecular flexibility index (Phi) is 6.29. The predicted molar refractivity (Wildman–Crippen MR) is 81.0 cm³/mol. The molecule has 0 aromatic rings. The molecule has 1 aliphatic heterocycles. The highest BCUT2D eigenvalue weighted by Gasteiger charge is 2.32. The summed E-state index contributed by atoms with van der Waals surface area (Å²) in [4.78, 5) is 2.59. The van der Waals surface area contributed by atoms with Crippen molar-refractivity contribution in [3.63, 3.8) is 0 Å². The molecule has 1 fully saturated rings. The molecular weight excluding hydrogens is 234 g/mol. The summed E-state index contributed by atoms with van der Waals surface area (Å²) in [5, 5.41) is 12.8. The highest BCUT2D eigenvalue weighted by Crippen LogP contribution is 2.26. The highest BCUT2D eigenvalue weighted by molar-refractivity contribution is 5.05. The SMILES string of the molecule is CCCNC(C)(C#N)CC(C)N1CC(C)CCC1C. The third kappa shape index (κ3) is 4.78. The molecule has 0 aromatic heterocycles. The van der Waals surface area contributed by atoms with Crippen LogP contribution in [-0.2, 0) is 0 Å². The predicted octanol–water partition coefficient (Wildman–Crippen LogP) is 3.17. The van der Waals surface area contributed by atoms with Gasteiger partial charge < -0.3 is 0 Å². The molecule has 0 aliphatic carbocycles. The minimum atomic E-state index is -0.393. The van der Waals surface area contributed by atoms with Gasteiger partial charge in [0, 0.05) is 18.6 Å². The Balaban J connectivity index is 2.61. The van der Waals surface area contributed by atoms with Crippen molar-refractivity contribution in [1.82, 2.24) is 10.2 Å². The molecule has 0 amide bonds. The molecule has 1 aliphatic rings. The van der Waals surface area contributed by atoms with Crippen LogP contribution in [0, 0.1) is 17.2 Å². The molecule has 0 saturated carbocycles. The van der Waals surface area contributed by atoms with Crippen LogP contribution in [0.5, 0.6) is 0 Å². The molecule has 4 unspecified atom stereocenters. The third-order valence-corrected chi connectivity index (χ3v) is 4.45. The summed E-state index contributed by atoms with van der Waals surface area (Å²) in [6.45, 7) is 13.2. The van der Waals surface area contributed by atoms with Gasteiger partial charge in [-0.3, -0.25) is 10.2 Å². The van der Waals surface area contributed by atoms with E-state index in [4.69, 9.17) is 0 Å². The zero-order valence-electron chi connectivity index (χ0n) is 13.4. The van der Waals surface area contributed by atoms with Crippen LogP contribution in [0.3, 0.4) is 0 Å². The van der Waals surface area contributed by atoms with Crippen LogP contribution in [0.15, 0.2) is 0 Å². The fourth-order valence-electron chi connectivity index (χ4n) is 3.20. The lowest BCUT2D eigenvalue weighted by Gasteiger charge is -2.42. The Morgan fingerprint density at radius 3 is 2.68 bits per heavy atom. The molecule has 4 atom stereocenters. The van der Waals surface area contributed by atoms with Gasteiger partial charge >= 0.3 is 0 Å². The summed E-state index contributed by atoms with van der Waals surface area (Å²) in [6, 6.07) is 3.59. The Bertz CT molecular complexity index is 310. The maximum Gasteiger partial charge on any atom is 0.105 e. The van der Waals surface area contributed by atoms with Gasteiger partial charge in [-0.1, -0.05) is 13.8 Å². The van der Waals surface area contributed by atoms with Gasteiger partial charge in [0.25, 0.3) is 0 Å². The molecule has 19 heavy (non-hydrogen) atoms. The van der Waals surface area contributed by atoms with E-state index in [1.54, 1.807) is 0 Å². The van der Waals surface area contributed by atoms with E-state index in [0.717, 1.165) is 25.3 Å². The number of nitrogens with zero attached hydrogens (tertiary/aromatic N) is 2. The van der Waals surface area contributed by atoms with E-state index in [9.17, 15) is 5.26 Å². The van der Waals surface area contributed by atoms with Gasteiger partial charge in [-0.25, -0.2) is 0 Å². The van der Waals surface area contributed by atoms with E-state index in [-0.39, 0.29) is 0 Å². The van der Waals surface area contributed by atoms with Gasteiger partial charge in [0.2, 0.25) is 0 Å². The van der Waals surface area contributed by atoms with Crippen LogP contribution >= 0.6 is 0 Å². The Morgan fingerprint density at radius 1 is 1.42 bits per heavy atom. The molecule has 1 saturated heterocycles. The first-order chi connectivity index (χ1) is 8.91. The second-order valence-corrected chi connectivity index (χ2v) is 6.65. The topological polar surface area (TPSA) is 39.1 Å². The van der Waals surface area contributed by atoms with E-state index < -0.39 is 5.54 Å². The van der Waals surface area contributed by atoms with E-state index >= 15 is 0 Å². The second-order valence-electron chi connectivity index (χ2n) is 6.65. The average molecular weight is 265 g/mol. The zero-order valence-corrected chi connectivity index (χ0v) is 13.4. The smallest absolute Gasteiger partial charge is 0.105 e. The first kappa shape index (κ1) is 16.5. The lowest BCUT2D eigenvalue weighted by molar-refractivity contribution is 0.0714. The lowest BCUT2D eigenvalue weighted by atomic mass is 9.89. The van der Waals surface area contributed by atoms with Crippen LogP contribution in [0.2, 0.25) is 0 Å². The van der Waals surface area contributed by atoms with Crippen molar-refractivity contribution in [1.29, 1.82) is 5.26 Å². The van der Waals surface area contributed by atoms with E-state index in [0.29, 0.717) is 12.1 Å². The van der Waals surface area contributed by atoms with Crippen LogP contribution in [-0.4, -0.2) is 35.6 Å². The maximum absolute atomic E-state index is 9.45. The normalized spacial score (nSPS) is 29.5. The molecule has 0 bridgehead atoms. The molecule has 3 heteroatoms. The molecule has 0 spiro atoms. The molecule has 1 N–H and O–H groups in total. The average Bonchev–Trinajstić information content (AvgIpc) is 2.39. The largest absolute Gasteiger partial charge is 0.300 e. The van der Waals surface area contributed by atoms with Crippen LogP contribution in [0.1, 0.15) is 60.3 Å². The second kappa shape index (κ2) is 7.26. The Hall–Kier alpha value is -0.590. The van der Waals surface area contributed by atoms with Gasteiger partial charge in [0.15, 0.2) is 0 Å². The molecule has 3 nitrogen and oxygen atoms in total. The molecule has 0 radical (unpaired) electrons. The van der Waals surface area contributed by atoms with Crippen LogP contribution in [0.25, 0.3) is 0 Å². The van der Waals surface area contributed by atoms with Gasteiger partial charge in [-0.15, -0.1) is 0 Å². The number of piperidine rings is 1. The van der Waals surface area contributed by atoms with E-state index in [1.807, 2.05) is 6.92 Å². The van der Waals surface area contributed by atoms with E-state index in [1.165, 1.54) is 19.4 Å². The summed E-state index contributed by atoms with van der Waals surface area (Å²) < 4.78 is 0. The van der Waals surface area contributed by atoms with Gasteiger partial charge in [0.05, 0.1) is 6.07 Å². The minimum absolute atomic E-state index is 0.393. The number of hydrogen-bond donors (Lipinski definition) is 1. The van der Waals surface area contributed by atoms with Crippen molar-refractivity contribution >= 4 is 0 Å². The van der Waals surface area contributed by atoms with Crippen molar-refractivity contribution in [2.24, 2.45) is 5.92 Å². The summed E-state index contributed by atoms with van der Waals surface area (Å²) in [5.74, 6) is 0.788. The molecule has 110 valence electrons. The summed E-state index contributed by atoms with van der Waals surface area (Å²) >= 11 is 0. The number of nitrogens with one attached hydrogen (secondary N) is 1. The minimum Gasteiger partial charge on any atom is -0.300 e. The molecule has 1 rings (SSSR count). The number of likely N-dealkylation sites (tertiary alicyclic amines) is 1. The maximum atomic E-state index is 9.45. The lowest BCUT2D eigenvalue weighted by Crippen LogP contribution is -2.51. The standard InChI is InChI=1S/C16H31N3/c1-6-9-18-16(5,12-17)10-15(4)19-11-13(2)7-8-14(19)3/h13-15,18H,6-11H2,1-5H3. The van der Waals surface area contributed by atoms with Gasteiger partial charge in [0.1, 0.15) is 5.54 Å². The van der Waals surface area contributed by atoms with Crippen molar-refractivity contribution in [2.45, 2.75) is 77.9 Å². The summed E-state index contributed by atoms with van der Waals surface area (Å²) in [7, 11) is 0. The molecule has 0 aromatic carbocycles. The van der Waals surface area contributed by atoms with E-state index in [2.05, 4.69) is 44.0 Å². The van der Waals surface area contributed by atoms with Gasteiger partial charge in [-0.05, 0) is 58.9 Å². The highest BCUT2D eigenvalue weighted by atomic mass is 15.2. The first-order valence-corrected chi connectivity index (χ1v) is 7.84. The van der Waals surface area contributed by atoms with Crippen LogP contribution < -0.4 is 5.32 Å². The third-order valence-electron chi connectivity index (χ3n) is 4.45.